The Morgan fingerprint density at radius 3 is 2.06 bits per heavy atom. The van der Waals surface area contributed by atoms with Crippen molar-refractivity contribution in [2.45, 2.75) is 52.6 Å². The van der Waals surface area contributed by atoms with E-state index in [0.29, 0.717) is 6.10 Å². The average molecular weight is 220 g/mol. The Morgan fingerprint density at radius 2 is 1.56 bits per heavy atom. The highest BCUT2D eigenvalue weighted by molar-refractivity contribution is 5.22. The van der Waals surface area contributed by atoms with Gasteiger partial charge in [-0.1, -0.05) is 37.6 Å². The molecule has 0 aliphatic heterocycles. The highest BCUT2D eigenvalue weighted by Gasteiger charge is 1.97. The zero-order chi connectivity index (χ0) is 11.8. The van der Waals surface area contributed by atoms with Crippen molar-refractivity contribution in [3.8, 4) is 0 Å². The topological polar surface area (TPSA) is 9.23 Å². The lowest BCUT2D eigenvalue weighted by Gasteiger charge is -2.07. The molecule has 1 heteroatoms. The Kier molecular flexibility index (Phi) is 6.17. The van der Waals surface area contributed by atoms with Crippen LogP contribution in [0.2, 0.25) is 0 Å². The molecule has 0 saturated heterocycles. The van der Waals surface area contributed by atoms with Gasteiger partial charge in [-0.3, -0.25) is 0 Å². The summed E-state index contributed by atoms with van der Waals surface area (Å²) in [5.74, 6) is 0. The maximum atomic E-state index is 5.54. The van der Waals surface area contributed by atoms with Crippen LogP contribution in [0.15, 0.2) is 24.3 Å². The lowest BCUT2D eigenvalue weighted by Crippen LogP contribution is -2.05. The van der Waals surface area contributed by atoms with E-state index >= 15 is 0 Å². The Balaban J connectivity index is 2.33. The van der Waals surface area contributed by atoms with Crippen LogP contribution in [0.25, 0.3) is 0 Å². The first-order valence-corrected chi connectivity index (χ1v) is 6.41. The molecule has 0 saturated carbocycles. The SMILES string of the molecule is CCCCc1ccc(CCOC(C)C)cc1. The number of rotatable bonds is 7. The van der Waals surface area contributed by atoms with Crippen molar-refractivity contribution in [2.75, 3.05) is 6.61 Å². The minimum atomic E-state index is 0.337. The molecule has 1 aromatic rings. The van der Waals surface area contributed by atoms with E-state index in [9.17, 15) is 0 Å². The zero-order valence-corrected chi connectivity index (χ0v) is 10.8. The molecule has 0 aliphatic carbocycles. The molecule has 1 rings (SSSR count). The third-order valence-electron chi connectivity index (χ3n) is 2.68. The Morgan fingerprint density at radius 1 is 1.00 bits per heavy atom. The summed E-state index contributed by atoms with van der Waals surface area (Å²) in [4.78, 5) is 0. The summed E-state index contributed by atoms with van der Waals surface area (Å²) in [6, 6.07) is 8.96. The maximum absolute atomic E-state index is 5.54. The van der Waals surface area contributed by atoms with Gasteiger partial charge in [-0.2, -0.15) is 0 Å². The second-order valence-corrected chi connectivity index (χ2v) is 4.59. The number of benzene rings is 1. The predicted molar refractivity (Wildman–Crippen MR) is 69.8 cm³/mol. The molecular weight excluding hydrogens is 196 g/mol. The van der Waals surface area contributed by atoms with Gasteiger partial charge in [0, 0.05) is 0 Å². The van der Waals surface area contributed by atoms with Gasteiger partial charge in [0.05, 0.1) is 12.7 Å². The number of hydrogen-bond donors (Lipinski definition) is 0. The van der Waals surface area contributed by atoms with Gasteiger partial charge in [0.2, 0.25) is 0 Å². The van der Waals surface area contributed by atoms with Crippen LogP contribution in [0.3, 0.4) is 0 Å². The molecule has 0 atom stereocenters. The van der Waals surface area contributed by atoms with Crippen molar-refractivity contribution in [1.29, 1.82) is 0 Å². The third-order valence-corrected chi connectivity index (χ3v) is 2.68. The molecule has 0 aliphatic rings. The average Bonchev–Trinajstić information content (AvgIpc) is 2.27. The molecule has 0 N–H and O–H groups in total. The molecule has 0 aromatic heterocycles. The third kappa shape index (κ3) is 5.32. The summed E-state index contributed by atoms with van der Waals surface area (Å²) in [5, 5.41) is 0. The normalized spacial score (nSPS) is 11.0. The fourth-order valence-electron chi connectivity index (χ4n) is 1.67. The van der Waals surface area contributed by atoms with E-state index in [1.165, 1.54) is 30.4 Å². The first kappa shape index (κ1) is 13.2. The quantitative estimate of drug-likeness (QED) is 0.675. The van der Waals surface area contributed by atoms with Crippen molar-refractivity contribution < 1.29 is 4.74 Å². The van der Waals surface area contributed by atoms with Gasteiger partial charge in [-0.15, -0.1) is 0 Å². The molecule has 1 aromatic carbocycles. The monoisotopic (exact) mass is 220 g/mol. The van der Waals surface area contributed by atoms with Crippen LogP contribution in [-0.2, 0) is 17.6 Å². The molecule has 16 heavy (non-hydrogen) atoms. The fourth-order valence-corrected chi connectivity index (χ4v) is 1.67. The van der Waals surface area contributed by atoms with Crippen LogP contribution in [-0.4, -0.2) is 12.7 Å². The van der Waals surface area contributed by atoms with Crippen molar-refractivity contribution in [2.24, 2.45) is 0 Å². The predicted octanol–water partition coefficient (Wildman–Crippen LogP) is 4.00. The molecule has 0 amide bonds. The summed E-state index contributed by atoms with van der Waals surface area (Å²) in [5.41, 5.74) is 2.83. The van der Waals surface area contributed by atoms with E-state index < -0.39 is 0 Å². The molecule has 0 fully saturated rings. The Labute approximate surface area is 99.8 Å². The van der Waals surface area contributed by atoms with E-state index in [4.69, 9.17) is 4.74 Å². The number of ether oxygens (including phenoxy) is 1. The molecule has 90 valence electrons. The second-order valence-electron chi connectivity index (χ2n) is 4.59. The van der Waals surface area contributed by atoms with Gasteiger partial charge < -0.3 is 4.74 Å². The Bertz CT molecular complexity index is 274. The second kappa shape index (κ2) is 7.45. The van der Waals surface area contributed by atoms with Gasteiger partial charge in [-0.25, -0.2) is 0 Å². The highest BCUT2D eigenvalue weighted by atomic mass is 16.5. The van der Waals surface area contributed by atoms with Gasteiger partial charge in [0.25, 0.3) is 0 Å². The van der Waals surface area contributed by atoms with Crippen LogP contribution < -0.4 is 0 Å². The van der Waals surface area contributed by atoms with Gasteiger partial charge in [-0.05, 0) is 44.2 Å². The number of unbranched alkanes of at least 4 members (excludes halogenated alkanes) is 1. The van der Waals surface area contributed by atoms with E-state index in [1.807, 2.05) is 0 Å². The van der Waals surface area contributed by atoms with Crippen LogP contribution in [0.1, 0.15) is 44.7 Å². The van der Waals surface area contributed by atoms with Gasteiger partial charge >= 0.3 is 0 Å². The number of aryl methyl sites for hydroxylation is 1. The highest BCUT2D eigenvalue weighted by Crippen LogP contribution is 2.08. The summed E-state index contributed by atoms with van der Waals surface area (Å²) in [6.07, 6.45) is 5.12. The molecule has 0 bridgehead atoms. The Hall–Kier alpha value is -0.820. The fraction of sp³-hybridized carbons (Fsp3) is 0.600. The lowest BCUT2D eigenvalue weighted by atomic mass is 10.1. The maximum Gasteiger partial charge on any atom is 0.0519 e. The van der Waals surface area contributed by atoms with E-state index in [0.717, 1.165) is 13.0 Å². The molecule has 0 heterocycles. The van der Waals surface area contributed by atoms with Crippen molar-refractivity contribution in [3.63, 3.8) is 0 Å². The molecule has 0 radical (unpaired) electrons. The summed E-state index contributed by atoms with van der Waals surface area (Å²) >= 11 is 0. The zero-order valence-electron chi connectivity index (χ0n) is 10.8. The standard InChI is InChI=1S/C15H24O/c1-4-5-6-14-7-9-15(10-8-14)11-12-16-13(2)3/h7-10,13H,4-6,11-12H2,1-3H3. The molecule has 0 unspecified atom stereocenters. The van der Waals surface area contributed by atoms with Crippen LogP contribution in [0.4, 0.5) is 0 Å². The largest absolute Gasteiger partial charge is 0.378 e. The minimum absolute atomic E-state index is 0.337. The first-order valence-electron chi connectivity index (χ1n) is 6.41. The van der Waals surface area contributed by atoms with E-state index in [2.05, 4.69) is 45.0 Å². The molecule has 0 spiro atoms. The van der Waals surface area contributed by atoms with E-state index in [-0.39, 0.29) is 0 Å². The summed E-state index contributed by atoms with van der Waals surface area (Å²) in [6.45, 7) is 7.21. The van der Waals surface area contributed by atoms with Crippen molar-refractivity contribution in [1.82, 2.24) is 0 Å². The lowest BCUT2D eigenvalue weighted by molar-refractivity contribution is 0.0813. The summed E-state index contributed by atoms with van der Waals surface area (Å²) < 4.78 is 5.54. The van der Waals surface area contributed by atoms with Crippen LogP contribution in [0, 0.1) is 0 Å². The smallest absolute Gasteiger partial charge is 0.0519 e. The van der Waals surface area contributed by atoms with Crippen molar-refractivity contribution >= 4 is 0 Å². The van der Waals surface area contributed by atoms with Crippen LogP contribution >= 0.6 is 0 Å². The van der Waals surface area contributed by atoms with Crippen LogP contribution in [0.5, 0.6) is 0 Å². The van der Waals surface area contributed by atoms with Gasteiger partial charge in [0.1, 0.15) is 0 Å². The number of hydrogen-bond acceptors (Lipinski definition) is 1. The van der Waals surface area contributed by atoms with Crippen molar-refractivity contribution in [3.05, 3.63) is 35.4 Å². The summed E-state index contributed by atoms with van der Waals surface area (Å²) in [7, 11) is 0. The molecular formula is C15H24O. The molecule has 1 nitrogen and oxygen atoms in total. The van der Waals surface area contributed by atoms with Gasteiger partial charge in [0.15, 0.2) is 0 Å². The minimum Gasteiger partial charge on any atom is -0.378 e. The first-order chi connectivity index (χ1) is 7.72. The van der Waals surface area contributed by atoms with E-state index in [1.54, 1.807) is 0 Å².